The van der Waals surface area contributed by atoms with E-state index in [1.165, 1.54) is 0 Å². The molecular weight excluding hydrogens is 236 g/mol. The topological polar surface area (TPSA) is 70.5 Å². The highest BCUT2D eigenvalue weighted by atomic mass is 28.4. The molecule has 0 amide bonds. The van der Waals surface area contributed by atoms with E-state index < -0.39 is 8.56 Å². The summed E-state index contributed by atoms with van der Waals surface area (Å²) in [7, 11) is -2.03. The molecule has 2 unspecified atom stereocenters. The molecule has 4 nitrogen and oxygen atoms in total. The quantitative estimate of drug-likeness (QED) is 0.353. The highest BCUT2D eigenvalue weighted by Gasteiger charge is 2.31. The first-order chi connectivity index (χ1) is 7.04. The molecule has 0 rings (SSSR count). The molecule has 100 valence electrons. The van der Waals surface area contributed by atoms with Crippen LogP contribution in [0, 0.1) is 0 Å². The molecular formula is C10H30N2O2Si2. The van der Waals surface area contributed by atoms with Crippen molar-refractivity contribution in [1.29, 1.82) is 0 Å². The lowest BCUT2D eigenvalue weighted by atomic mass is 10.2. The molecule has 0 fully saturated rings. The van der Waals surface area contributed by atoms with Gasteiger partial charge < -0.3 is 20.3 Å². The van der Waals surface area contributed by atoms with Crippen molar-refractivity contribution in [2.45, 2.75) is 51.9 Å². The van der Waals surface area contributed by atoms with Crippen LogP contribution in [0.3, 0.4) is 0 Å². The van der Waals surface area contributed by atoms with Crippen LogP contribution in [0.2, 0.25) is 12.6 Å². The lowest BCUT2D eigenvalue weighted by molar-refractivity contribution is 0.134. The van der Waals surface area contributed by atoms with E-state index in [1.54, 1.807) is 0 Å². The molecule has 0 aliphatic rings. The van der Waals surface area contributed by atoms with Gasteiger partial charge in [0, 0.05) is 6.61 Å². The van der Waals surface area contributed by atoms with Gasteiger partial charge in [-0.15, -0.1) is 0 Å². The number of nitrogens with two attached hydrogens (primary N) is 2. The van der Waals surface area contributed by atoms with Gasteiger partial charge in [-0.05, 0) is 50.4 Å². The van der Waals surface area contributed by atoms with Crippen molar-refractivity contribution in [1.82, 2.24) is 0 Å². The Morgan fingerprint density at radius 3 is 2.31 bits per heavy atom. The molecule has 6 heteroatoms. The standard InChI is InChI=1S/C10H26N2O2Si.H4Si/c1-4-13-15(3,14-10(2)12)9-7-5-6-8-11;/h10H,4-9,11-12H2,1-3H3;1H4. The smallest absolute Gasteiger partial charge is 0.336 e. The van der Waals surface area contributed by atoms with Crippen molar-refractivity contribution in [2.24, 2.45) is 11.5 Å². The van der Waals surface area contributed by atoms with Gasteiger partial charge in [0.25, 0.3) is 0 Å². The first-order valence-electron chi connectivity index (χ1n) is 5.81. The summed E-state index contributed by atoms with van der Waals surface area (Å²) in [4.78, 5) is 0. The Balaban J connectivity index is 0. The van der Waals surface area contributed by atoms with Crippen molar-refractivity contribution in [3.8, 4) is 0 Å². The lowest BCUT2D eigenvalue weighted by Gasteiger charge is -2.28. The largest absolute Gasteiger partial charge is 0.395 e. The Morgan fingerprint density at radius 1 is 1.25 bits per heavy atom. The van der Waals surface area contributed by atoms with Gasteiger partial charge in [0.15, 0.2) is 0 Å². The van der Waals surface area contributed by atoms with Gasteiger partial charge in [0.2, 0.25) is 0 Å². The number of hydrogen-bond acceptors (Lipinski definition) is 4. The summed E-state index contributed by atoms with van der Waals surface area (Å²) in [6, 6.07) is 1.00. The van der Waals surface area contributed by atoms with Gasteiger partial charge >= 0.3 is 8.56 Å². The van der Waals surface area contributed by atoms with E-state index in [-0.39, 0.29) is 17.2 Å². The van der Waals surface area contributed by atoms with E-state index >= 15 is 0 Å². The molecule has 0 aromatic heterocycles. The van der Waals surface area contributed by atoms with Gasteiger partial charge in [0.1, 0.15) is 0 Å². The van der Waals surface area contributed by atoms with Crippen LogP contribution < -0.4 is 11.5 Å². The average Bonchev–Trinajstić information content (AvgIpc) is 2.11. The second-order valence-corrected chi connectivity index (χ2v) is 7.28. The van der Waals surface area contributed by atoms with E-state index in [0.29, 0.717) is 6.61 Å². The maximum atomic E-state index is 5.73. The van der Waals surface area contributed by atoms with Crippen molar-refractivity contribution in [3.05, 3.63) is 0 Å². The summed E-state index contributed by atoms with van der Waals surface area (Å²) in [5.41, 5.74) is 11.1. The van der Waals surface area contributed by atoms with E-state index in [4.69, 9.17) is 20.3 Å². The van der Waals surface area contributed by atoms with Gasteiger partial charge in [-0.25, -0.2) is 0 Å². The molecule has 0 spiro atoms. The van der Waals surface area contributed by atoms with Gasteiger partial charge in [0.05, 0.1) is 6.23 Å². The third kappa shape index (κ3) is 9.50. The van der Waals surface area contributed by atoms with Crippen molar-refractivity contribution in [2.75, 3.05) is 13.2 Å². The summed E-state index contributed by atoms with van der Waals surface area (Å²) in [6.45, 7) is 7.40. The van der Waals surface area contributed by atoms with Crippen LogP contribution in [0.4, 0.5) is 0 Å². The zero-order valence-corrected chi connectivity index (χ0v) is 11.3. The minimum atomic E-state index is -2.03. The molecule has 2 atom stereocenters. The lowest BCUT2D eigenvalue weighted by Crippen LogP contribution is -2.44. The fraction of sp³-hybridized carbons (Fsp3) is 1.00. The predicted octanol–water partition coefficient (Wildman–Crippen LogP) is 0.0936. The molecule has 0 bridgehead atoms. The molecule has 0 radical (unpaired) electrons. The van der Waals surface area contributed by atoms with Crippen LogP contribution >= 0.6 is 0 Å². The summed E-state index contributed by atoms with van der Waals surface area (Å²) in [5, 5.41) is 0. The van der Waals surface area contributed by atoms with E-state index in [9.17, 15) is 0 Å². The minimum Gasteiger partial charge on any atom is -0.395 e. The van der Waals surface area contributed by atoms with Crippen molar-refractivity contribution < 1.29 is 8.85 Å². The third-order valence-electron chi connectivity index (χ3n) is 2.22. The molecule has 16 heavy (non-hydrogen) atoms. The van der Waals surface area contributed by atoms with E-state index in [0.717, 1.165) is 31.9 Å². The molecule has 0 aliphatic heterocycles. The minimum absolute atomic E-state index is 0. The number of unbranched alkanes of at least 4 members (excludes halogenated alkanes) is 2. The van der Waals surface area contributed by atoms with Crippen LogP contribution in [-0.2, 0) is 8.85 Å². The molecule has 0 aromatic carbocycles. The first kappa shape index (κ1) is 18.6. The highest BCUT2D eigenvalue weighted by Crippen LogP contribution is 2.18. The molecule has 0 aliphatic carbocycles. The second-order valence-electron chi connectivity index (χ2n) is 3.99. The van der Waals surface area contributed by atoms with Gasteiger partial charge in [-0.2, -0.15) is 0 Å². The SMILES string of the molecule is CCO[Si](C)(CCCCCN)OC(C)N.[SiH4]. The zero-order chi connectivity index (χ0) is 11.7. The monoisotopic (exact) mass is 266 g/mol. The highest BCUT2D eigenvalue weighted by molar-refractivity contribution is 6.66. The Bertz CT molecular complexity index is 162. The number of hydrogen-bond donors (Lipinski definition) is 2. The van der Waals surface area contributed by atoms with Crippen LogP contribution in [0.1, 0.15) is 33.1 Å². The average molecular weight is 267 g/mol. The van der Waals surface area contributed by atoms with E-state index in [2.05, 4.69) is 6.55 Å². The Labute approximate surface area is 105 Å². The Hall–Kier alpha value is 0.274. The Morgan fingerprint density at radius 2 is 1.88 bits per heavy atom. The fourth-order valence-corrected chi connectivity index (χ4v) is 4.25. The molecule has 0 heterocycles. The van der Waals surface area contributed by atoms with Crippen LogP contribution in [0.5, 0.6) is 0 Å². The van der Waals surface area contributed by atoms with Crippen molar-refractivity contribution in [3.63, 3.8) is 0 Å². The molecule has 0 saturated heterocycles. The maximum absolute atomic E-state index is 5.73. The maximum Gasteiger partial charge on any atom is 0.336 e. The molecule has 0 saturated carbocycles. The molecule has 0 aromatic rings. The fourth-order valence-electron chi connectivity index (χ4n) is 1.63. The van der Waals surface area contributed by atoms with Crippen LogP contribution in [-0.4, -0.2) is 38.9 Å². The summed E-state index contributed by atoms with van der Waals surface area (Å²) in [5.74, 6) is 0. The second kappa shape index (κ2) is 10.4. The van der Waals surface area contributed by atoms with Gasteiger partial charge in [-0.1, -0.05) is 12.8 Å². The van der Waals surface area contributed by atoms with Crippen LogP contribution in [0.15, 0.2) is 0 Å². The first-order valence-corrected chi connectivity index (χ1v) is 8.34. The zero-order valence-electron chi connectivity index (χ0n) is 10.3. The normalized spacial score (nSPS) is 16.3. The predicted molar refractivity (Wildman–Crippen MR) is 77.0 cm³/mol. The third-order valence-corrected chi connectivity index (χ3v) is 5.25. The number of rotatable bonds is 9. The van der Waals surface area contributed by atoms with Crippen LogP contribution in [0.25, 0.3) is 0 Å². The summed E-state index contributed by atoms with van der Waals surface area (Å²) >= 11 is 0. The summed E-state index contributed by atoms with van der Waals surface area (Å²) in [6.07, 6.45) is 3.11. The van der Waals surface area contributed by atoms with E-state index in [1.807, 2.05) is 13.8 Å². The summed E-state index contributed by atoms with van der Waals surface area (Å²) < 4.78 is 11.4. The molecule has 4 N–H and O–H groups in total. The Kier molecular flexibility index (Phi) is 12.1. The van der Waals surface area contributed by atoms with Gasteiger partial charge in [-0.3, -0.25) is 0 Å². The van der Waals surface area contributed by atoms with Crippen molar-refractivity contribution >= 4 is 19.5 Å².